The second kappa shape index (κ2) is 7.23. The summed E-state index contributed by atoms with van der Waals surface area (Å²) in [7, 11) is 0. The van der Waals surface area contributed by atoms with E-state index in [9.17, 15) is 20.2 Å². The van der Waals surface area contributed by atoms with Gasteiger partial charge in [0.15, 0.2) is 0 Å². The van der Waals surface area contributed by atoms with Crippen molar-refractivity contribution in [2.24, 2.45) is 5.73 Å². The third-order valence-electron chi connectivity index (χ3n) is 3.60. The topological polar surface area (TPSA) is 128 Å². The third-order valence-corrected chi connectivity index (χ3v) is 3.92. The minimum absolute atomic E-state index is 0.0368. The monoisotopic (exact) mass is 363 g/mol. The van der Waals surface area contributed by atoms with Crippen LogP contribution in [0.4, 0.5) is 5.69 Å². The Hall–Kier alpha value is -3.05. The number of nitro benzene ring substituents is 1. The predicted octanol–water partition coefficient (Wildman–Crippen LogP) is 2.89. The molecule has 0 unspecified atom stereocenters. The Morgan fingerprint density at radius 2 is 2.24 bits per heavy atom. The Morgan fingerprint density at radius 1 is 1.56 bits per heavy atom. The number of benzene rings is 1. The van der Waals surface area contributed by atoms with Gasteiger partial charge in [-0.15, -0.1) is 0 Å². The molecule has 0 amide bonds. The lowest BCUT2D eigenvalue weighted by Gasteiger charge is -2.26. The zero-order chi connectivity index (χ0) is 18.7. The molecule has 0 radical (unpaired) electrons. The number of hydrogen-bond donors (Lipinski definition) is 1. The van der Waals surface area contributed by atoms with Gasteiger partial charge in [0, 0.05) is 6.07 Å². The molecule has 8 nitrogen and oxygen atoms in total. The fraction of sp³-hybridized carbons (Fsp3) is 0.250. The molecule has 2 N–H and O–H groups in total. The summed E-state index contributed by atoms with van der Waals surface area (Å²) in [4.78, 5) is 22.9. The molecule has 1 aromatic carbocycles. The largest absolute Gasteiger partial charge is 0.463 e. The molecule has 1 aliphatic heterocycles. The lowest BCUT2D eigenvalue weighted by Crippen LogP contribution is -2.25. The highest BCUT2D eigenvalue weighted by Gasteiger charge is 2.37. The van der Waals surface area contributed by atoms with E-state index in [0.29, 0.717) is 5.56 Å². The van der Waals surface area contributed by atoms with E-state index >= 15 is 0 Å². The summed E-state index contributed by atoms with van der Waals surface area (Å²) in [5.74, 6) is -1.65. The average Bonchev–Trinajstić information content (AvgIpc) is 2.54. The number of halogens is 1. The van der Waals surface area contributed by atoms with Crippen molar-refractivity contribution < 1.29 is 19.2 Å². The number of nitrogens with two attached hydrogens (primary N) is 1. The maximum atomic E-state index is 12.4. The van der Waals surface area contributed by atoms with Gasteiger partial charge in [-0.3, -0.25) is 10.1 Å². The average molecular weight is 364 g/mol. The maximum Gasteiger partial charge on any atom is 0.338 e. The second-order valence-electron chi connectivity index (χ2n) is 5.08. The van der Waals surface area contributed by atoms with E-state index in [-0.39, 0.29) is 40.1 Å². The number of allylic oxidation sites excluding steroid dienone is 2. The van der Waals surface area contributed by atoms with Gasteiger partial charge in [-0.05, 0) is 25.5 Å². The molecule has 9 heteroatoms. The molecule has 1 atom stereocenters. The minimum Gasteiger partial charge on any atom is -0.463 e. The van der Waals surface area contributed by atoms with Crippen molar-refractivity contribution in [2.75, 3.05) is 6.61 Å². The van der Waals surface area contributed by atoms with Crippen LogP contribution in [-0.4, -0.2) is 17.5 Å². The second-order valence-corrected chi connectivity index (χ2v) is 5.49. The van der Waals surface area contributed by atoms with E-state index in [1.165, 1.54) is 25.1 Å². The number of carbonyl (C=O) groups excluding carboxylic acids is 1. The SMILES string of the molecule is CCOC(=O)C1=C(C)OC(N)=C(C#N)[C@H]1c1ccc(Cl)c([N+](=O)[O-])c1. The number of nitriles is 1. The molecule has 0 spiro atoms. The van der Waals surface area contributed by atoms with Crippen molar-refractivity contribution in [3.05, 3.63) is 61.7 Å². The van der Waals surface area contributed by atoms with Gasteiger partial charge in [0.2, 0.25) is 5.88 Å². The van der Waals surface area contributed by atoms with Gasteiger partial charge in [0.1, 0.15) is 22.4 Å². The molecular weight excluding hydrogens is 350 g/mol. The molecule has 0 saturated heterocycles. The van der Waals surface area contributed by atoms with Crippen LogP contribution in [0.2, 0.25) is 5.02 Å². The van der Waals surface area contributed by atoms with Crippen LogP contribution >= 0.6 is 11.6 Å². The van der Waals surface area contributed by atoms with Crippen LogP contribution in [0.5, 0.6) is 0 Å². The summed E-state index contributed by atoms with van der Waals surface area (Å²) in [6.45, 7) is 3.25. The Balaban J connectivity index is 2.69. The van der Waals surface area contributed by atoms with E-state index in [1.807, 2.05) is 6.07 Å². The lowest BCUT2D eigenvalue weighted by atomic mass is 9.83. The molecule has 1 aliphatic rings. The maximum absolute atomic E-state index is 12.4. The van der Waals surface area contributed by atoms with Crippen molar-refractivity contribution in [3.63, 3.8) is 0 Å². The van der Waals surface area contributed by atoms with Gasteiger partial charge in [0.05, 0.1) is 23.0 Å². The van der Waals surface area contributed by atoms with Crippen molar-refractivity contribution in [3.8, 4) is 6.07 Å². The van der Waals surface area contributed by atoms with Crippen LogP contribution in [0.15, 0.2) is 41.0 Å². The van der Waals surface area contributed by atoms with Gasteiger partial charge >= 0.3 is 5.97 Å². The first-order chi connectivity index (χ1) is 11.8. The quantitative estimate of drug-likeness (QED) is 0.494. The Bertz CT molecular complexity index is 854. The smallest absolute Gasteiger partial charge is 0.338 e. The van der Waals surface area contributed by atoms with E-state index in [2.05, 4.69) is 0 Å². The Kier molecular flexibility index (Phi) is 5.29. The highest BCUT2D eigenvalue weighted by atomic mass is 35.5. The third kappa shape index (κ3) is 3.41. The Morgan fingerprint density at radius 3 is 2.80 bits per heavy atom. The van der Waals surface area contributed by atoms with Gasteiger partial charge in [-0.1, -0.05) is 17.7 Å². The van der Waals surface area contributed by atoms with Crippen LogP contribution in [0, 0.1) is 21.4 Å². The highest BCUT2D eigenvalue weighted by Crippen LogP contribution is 2.41. The van der Waals surface area contributed by atoms with E-state index < -0.39 is 16.8 Å². The Labute approximate surface area is 148 Å². The van der Waals surface area contributed by atoms with Crippen LogP contribution in [0.25, 0.3) is 0 Å². The molecule has 0 aromatic heterocycles. The summed E-state index contributed by atoms with van der Waals surface area (Å²) in [5, 5.41) is 20.5. The van der Waals surface area contributed by atoms with Crippen molar-refractivity contribution in [2.45, 2.75) is 19.8 Å². The van der Waals surface area contributed by atoms with Gasteiger partial charge in [0.25, 0.3) is 5.69 Å². The number of carbonyl (C=O) groups is 1. The van der Waals surface area contributed by atoms with Crippen molar-refractivity contribution in [1.82, 2.24) is 0 Å². The summed E-state index contributed by atoms with van der Waals surface area (Å²) < 4.78 is 10.3. The molecule has 0 fully saturated rings. The molecular formula is C16H14ClN3O5. The van der Waals surface area contributed by atoms with Crippen LogP contribution in [0.3, 0.4) is 0 Å². The van der Waals surface area contributed by atoms with Crippen molar-refractivity contribution in [1.29, 1.82) is 5.26 Å². The number of nitro groups is 1. The summed E-state index contributed by atoms with van der Waals surface area (Å²) in [6, 6.07) is 5.92. The first-order valence-corrected chi connectivity index (χ1v) is 7.58. The summed E-state index contributed by atoms with van der Waals surface area (Å²) in [5.41, 5.74) is 5.74. The number of rotatable bonds is 4. The zero-order valence-corrected chi connectivity index (χ0v) is 14.2. The first-order valence-electron chi connectivity index (χ1n) is 7.21. The first kappa shape index (κ1) is 18.3. The van der Waals surface area contributed by atoms with E-state index in [4.69, 9.17) is 26.8 Å². The van der Waals surface area contributed by atoms with Crippen molar-refractivity contribution >= 4 is 23.3 Å². The molecule has 0 aliphatic carbocycles. The molecule has 0 bridgehead atoms. The lowest BCUT2D eigenvalue weighted by molar-refractivity contribution is -0.384. The van der Waals surface area contributed by atoms with Gasteiger partial charge in [-0.25, -0.2) is 4.79 Å². The van der Waals surface area contributed by atoms with Gasteiger partial charge < -0.3 is 15.2 Å². The standard InChI is InChI=1S/C16H14ClN3O5/c1-3-24-16(21)13-8(2)25-15(19)10(7-18)14(13)9-4-5-11(17)12(6-9)20(22)23/h4-6,14H,3,19H2,1-2H3/t14-/m1/s1. The van der Waals surface area contributed by atoms with Crippen LogP contribution < -0.4 is 5.73 Å². The molecule has 130 valence electrons. The number of nitrogens with zero attached hydrogens (tertiary/aromatic N) is 2. The predicted molar refractivity (Wildman–Crippen MR) is 88.1 cm³/mol. The highest BCUT2D eigenvalue weighted by molar-refractivity contribution is 6.32. The molecule has 0 saturated carbocycles. The van der Waals surface area contributed by atoms with Crippen LogP contribution in [-0.2, 0) is 14.3 Å². The molecule has 2 rings (SSSR count). The fourth-order valence-corrected chi connectivity index (χ4v) is 2.72. The van der Waals surface area contributed by atoms with Crippen LogP contribution in [0.1, 0.15) is 25.3 Å². The summed E-state index contributed by atoms with van der Waals surface area (Å²) in [6.07, 6.45) is 0. The minimum atomic E-state index is -0.950. The van der Waals surface area contributed by atoms with E-state index in [1.54, 1.807) is 6.92 Å². The zero-order valence-electron chi connectivity index (χ0n) is 13.4. The fourth-order valence-electron chi connectivity index (χ4n) is 2.54. The number of esters is 1. The normalized spacial score (nSPS) is 17.0. The van der Waals surface area contributed by atoms with E-state index in [0.717, 1.165) is 0 Å². The molecule has 1 heterocycles. The number of ether oxygens (including phenoxy) is 2. The van der Waals surface area contributed by atoms with Gasteiger partial charge in [-0.2, -0.15) is 5.26 Å². The number of hydrogen-bond acceptors (Lipinski definition) is 7. The molecule has 25 heavy (non-hydrogen) atoms. The summed E-state index contributed by atoms with van der Waals surface area (Å²) >= 11 is 5.83. The molecule has 1 aromatic rings.